The molecule has 0 spiro atoms. The average Bonchev–Trinajstić information content (AvgIpc) is 2.70. The molecule has 0 aliphatic heterocycles. The van der Waals surface area contributed by atoms with Gasteiger partial charge < -0.3 is 14.6 Å². The minimum Gasteiger partial charge on any atom is -0.457 e. The first-order valence-corrected chi connectivity index (χ1v) is 12.1. The van der Waals surface area contributed by atoms with Gasteiger partial charge in [-0.05, 0) is 12.8 Å². The van der Waals surface area contributed by atoms with Gasteiger partial charge in [-0.25, -0.2) is 0 Å². The molecule has 1 N–H and O–H groups in total. The summed E-state index contributed by atoms with van der Waals surface area (Å²) in [4.78, 5) is 11.9. The molecular weight excluding hydrogens is 352 g/mol. The second-order valence-corrected chi connectivity index (χ2v) is 8.07. The minimum absolute atomic E-state index is 0.166. The number of aliphatic hydroxyl groups is 1. The molecule has 0 fully saturated rings. The van der Waals surface area contributed by atoms with Crippen molar-refractivity contribution in [1.82, 2.24) is 0 Å². The van der Waals surface area contributed by atoms with Gasteiger partial charge in [0, 0.05) is 13.0 Å². The lowest BCUT2D eigenvalue weighted by Gasteiger charge is -2.15. The maximum absolute atomic E-state index is 11.9. The van der Waals surface area contributed by atoms with Crippen LogP contribution >= 0.6 is 0 Å². The van der Waals surface area contributed by atoms with Crippen LogP contribution in [-0.2, 0) is 14.3 Å². The van der Waals surface area contributed by atoms with Crippen LogP contribution in [0.4, 0.5) is 0 Å². The van der Waals surface area contributed by atoms with Crippen molar-refractivity contribution in [2.24, 2.45) is 0 Å². The maximum atomic E-state index is 11.9. The summed E-state index contributed by atoms with van der Waals surface area (Å²) in [7, 11) is 0. The van der Waals surface area contributed by atoms with Crippen LogP contribution in [0.15, 0.2) is 0 Å². The molecule has 0 aliphatic carbocycles. The molecule has 0 rings (SSSR count). The summed E-state index contributed by atoms with van der Waals surface area (Å²) in [6.45, 7) is 5.28. The molecule has 28 heavy (non-hydrogen) atoms. The van der Waals surface area contributed by atoms with E-state index >= 15 is 0 Å². The van der Waals surface area contributed by atoms with Crippen LogP contribution in [0.5, 0.6) is 0 Å². The van der Waals surface area contributed by atoms with E-state index in [0.29, 0.717) is 19.6 Å². The Balaban J connectivity index is 3.46. The van der Waals surface area contributed by atoms with E-state index in [1.165, 1.54) is 83.5 Å². The van der Waals surface area contributed by atoms with E-state index in [2.05, 4.69) is 13.8 Å². The molecule has 0 radical (unpaired) electrons. The normalized spacial score (nSPS) is 12.2. The Bertz CT molecular complexity index is 320. The highest BCUT2D eigenvalue weighted by Gasteiger charge is 2.13. The quantitative estimate of drug-likeness (QED) is 0.165. The van der Waals surface area contributed by atoms with Crippen LogP contribution < -0.4 is 0 Å². The first kappa shape index (κ1) is 27.4. The van der Waals surface area contributed by atoms with Crippen molar-refractivity contribution >= 4 is 5.97 Å². The molecule has 4 heteroatoms. The Morgan fingerprint density at radius 2 is 1.18 bits per heavy atom. The van der Waals surface area contributed by atoms with Gasteiger partial charge in [0.2, 0.25) is 0 Å². The van der Waals surface area contributed by atoms with Crippen molar-refractivity contribution in [3.05, 3.63) is 0 Å². The predicted octanol–water partition coefficient (Wildman–Crippen LogP) is 6.58. The van der Waals surface area contributed by atoms with Crippen molar-refractivity contribution < 1.29 is 19.4 Å². The van der Waals surface area contributed by atoms with Gasteiger partial charge in [0.15, 0.2) is 0 Å². The largest absolute Gasteiger partial charge is 0.457 e. The van der Waals surface area contributed by atoms with Crippen LogP contribution in [0.25, 0.3) is 0 Å². The van der Waals surface area contributed by atoms with Gasteiger partial charge in [-0.3, -0.25) is 4.79 Å². The van der Waals surface area contributed by atoms with Crippen LogP contribution in [0, 0.1) is 0 Å². The van der Waals surface area contributed by atoms with E-state index in [-0.39, 0.29) is 12.6 Å². The zero-order chi connectivity index (χ0) is 20.7. The molecule has 0 bridgehead atoms. The van der Waals surface area contributed by atoms with Crippen molar-refractivity contribution in [3.8, 4) is 0 Å². The standard InChI is InChI=1S/C24H48O4/c1-3-5-7-9-11-12-13-14-15-17-19-24(26)28-23(21-25)22-27-20-18-16-10-8-6-4-2/h23,25H,3-22H2,1-2H3. The van der Waals surface area contributed by atoms with Crippen LogP contribution in [-0.4, -0.2) is 37.0 Å². The van der Waals surface area contributed by atoms with Gasteiger partial charge in [-0.15, -0.1) is 0 Å². The Morgan fingerprint density at radius 3 is 1.68 bits per heavy atom. The van der Waals surface area contributed by atoms with Gasteiger partial charge >= 0.3 is 5.97 Å². The monoisotopic (exact) mass is 400 g/mol. The molecule has 4 nitrogen and oxygen atoms in total. The summed E-state index contributed by atoms with van der Waals surface area (Å²) < 4.78 is 10.9. The summed E-state index contributed by atoms with van der Waals surface area (Å²) in [5.41, 5.74) is 0. The van der Waals surface area contributed by atoms with E-state index in [9.17, 15) is 9.90 Å². The first-order valence-electron chi connectivity index (χ1n) is 12.1. The molecule has 0 heterocycles. The van der Waals surface area contributed by atoms with E-state index in [4.69, 9.17) is 9.47 Å². The van der Waals surface area contributed by atoms with Crippen LogP contribution in [0.2, 0.25) is 0 Å². The molecule has 1 unspecified atom stereocenters. The summed E-state index contributed by atoms with van der Waals surface area (Å²) in [6.07, 6.45) is 19.8. The SMILES string of the molecule is CCCCCCCCCCCCC(=O)OC(CO)COCCCCCCCC. The molecule has 0 aromatic rings. The molecule has 1 atom stereocenters. The topological polar surface area (TPSA) is 55.8 Å². The summed E-state index contributed by atoms with van der Waals surface area (Å²) in [5, 5.41) is 9.36. The number of unbranched alkanes of at least 4 members (excludes halogenated alkanes) is 14. The molecule has 0 aromatic heterocycles. The van der Waals surface area contributed by atoms with Crippen molar-refractivity contribution in [2.75, 3.05) is 19.8 Å². The summed E-state index contributed by atoms with van der Waals surface area (Å²) in [6, 6.07) is 0. The van der Waals surface area contributed by atoms with E-state index in [0.717, 1.165) is 19.3 Å². The lowest BCUT2D eigenvalue weighted by atomic mass is 10.1. The highest BCUT2D eigenvalue weighted by molar-refractivity contribution is 5.69. The van der Waals surface area contributed by atoms with Crippen LogP contribution in [0.1, 0.15) is 123 Å². The number of rotatable bonds is 22. The third-order valence-corrected chi connectivity index (χ3v) is 5.18. The molecule has 168 valence electrons. The van der Waals surface area contributed by atoms with E-state index in [1.54, 1.807) is 0 Å². The Labute approximate surface area is 174 Å². The zero-order valence-corrected chi connectivity index (χ0v) is 18.9. The van der Waals surface area contributed by atoms with Crippen molar-refractivity contribution in [3.63, 3.8) is 0 Å². The number of carbonyl (C=O) groups excluding carboxylic acids is 1. The zero-order valence-electron chi connectivity index (χ0n) is 18.9. The number of aliphatic hydroxyl groups excluding tert-OH is 1. The number of esters is 1. The Morgan fingerprint density at radius 1 is 0.714 bits per heavy atom. The number of carbonyl (C=O) groups is 1. The third-order valence-electron chi connectivity index (χ3n) is 5.18. The molecule has 0 amide bonds. The molecule has 0 aromatic carbocycles. The van der Waals surface area contributed by atoms with Gasteiger partial charge in [-0.1, -0.05) is 104 Å². The molecule has 0 saturated heterocycles. The fourth-order valence-corrected chi connectivity index (χ4v) is 3.32. The number of hydrogen-bond donors (Lipinski definition) is 1. The van der Waals surface area contributed by atoms with E-state index < -0.39 is 6.10 Å². The van der Waals surface area contributed by atoms with Crippen molar-refractivity contribution in [1.29, 1.82) is 0 Å². The van der Waals surface area contributed by atoms with Gasteiger partial charge in [0.05, 0.1) is 13.2 Å². The Hall–Kier alpha value is -0.610. The van der Waals surface area contributed by atoms with Gasteiger partial charge in [-0.2, -0.15) is 0 Å². The fraction of sp³-hybridized carbons (Fsp3) is 0.958. The maximum Gasteiger partial charge on any atom is 0.306 e. The minimum atomic E-state index is -0.518. The second kappa shape index (κ2) is 22.7. The van der Waals surface area contributed by atoms with Gasteiger partial charge in [0.1, 0.15) is 6.10 Å². The fourth-order valence-electron chi connectivity index (χ4n) is 3.32. The van der Waals surface area contributed by atoms with Crippen LogP contribution in [0.3, 0.4) is 0 Å². The Kier molecular flexibility index (Phi) is 22.2. The third kappa shape index (κ3) is 20.1. The van der Waals surface area contributed by atoms with Gasteiger partial charge in [0.25, 0.3) is 0 Å². The predicted molar refractivity (Wildman–Crippen MR) is 118 cm³/mol. The number of ether oxygens (including phenoxy) is 2. The lowest BCUT2D eigenvalue weighted by Crippen LogP contribution is -2.27. The average molecular weight is 401 g/mol. The molecular formula is C24H48O4. The molecule has 0 saturated carbocycles. The van der Waals surface area contributed by atoms with E-state index in [1.807, 2.05) is 0 Å². The molecule has 0 aliphatic rings. The van der Waals surface area contributed by atoms with Crippen molar-refractivity contribution in [2.45, 2.75) is 129 Å². The highest BCUT2D eigenvalue weighted by atomic mass is 16.6. The summed E-state index contributed by atoms with van der Waals surface area (Å²) in [5.74, 6) is -0.207. The highest BCUT2D eigenvalue weighted by Crippen LogP contribution is 2.12. The second-order valence-electron chi connectivity index (χ2n) is 8.07. The number of hydrogen-bond acceptors (Lipinski definition) is 4. The summed E-state index contributed by atoms with van der Waals surface area (Å²) >= 11 is 0. The lowest BCUT2D eigenvalue weighted by molar-refractivity contribution is -0.154. The smallest absolute Gasteiger partial charge is 0.306 e. The first-order chi connectivity index (χ1) is 13.7.